The summed E-state index contributed by atoms with van der Waals surface area (Å²) in [6, 6.07) is 9.55. The van der Waals surface area contributed by atoms with Gasteiger partial charge in [0.1, 0.15) is 0 Å². The van der Waals surface area contributed by atoms with Crippen LogP contribution in [0.3, 0.4) is 0 Å². The number of methoxy groups -OCH3 is 1. The molecule has 0 aromatic heterocycles. The van der Waals surface area contributed by atoms with E-state index in [2.05, 4.69) is 58.6 Å². The van der Waals surface area contributed by atoms with Crippen molar-refractivity contribution in [2.45, 2.75) is 51.5 Å². The Hall–Kier alpha value is -1.59. The summed E-state index contributed by atoms with van der Waals surface area (Å²) in [5.74, 6) is 1.53. The van der Waals surface area contributed by atoms with Crippen LogP contribution < -0.4 is 10.6 Å². The number of hydrogen-bond acceptors (Lipinski definition) is 3. The third kappa shape index (κ3) is 7.89. The zero-order valence-corrected chi connectivity index (χ0v) is 17.6. The molecule has 0 saturated carbocycles. The van der Waals surface area contributed by atoms with Crippen LogP contribution in [0.5, 0.6) is 0 Å². The third-order valence-electron chi connectivity index (χ3n) is 5.34. The van der Waals surface area contributed by atoms with Gasteiger partial charge in [0.05, 0.1) is 6.61 Å². The molecular formula is C22H38N4O. The molecule has 0 unspecified atom stereocenters. The molecule has 0 spiro atoms. The monoisotopic (exact) mass is 374 g/mol. The van der Waals surface area contributed by atoms with Gasteiger partial charge in [0.2, 0.25) is 0 Å². The Bertz CT molecular complexity index is 548. The van der Waals surface area contributed by atoms with Crippen molar-refractivity contribution in [2.75, 3.05) is 46.9 Å². The summed E-state index contributed by atoms with van der Waals surface area (Å²) in [6.07, 6.45) is 4.52. The number of rotatable bonds is 9. The van der Waals surface area contributed by atoms with Gasteiger partial charge >= 0.3 is 0 Å². The lowest BCUT2D eigenvalue weighted by molar-refractivity contribution is 0.128. The number of aliphatic imine (C=N–C) groups is 1. The Kier molecular flexibility index (Phi) is 9.64. The average Bonchev–Trinajstić information content (AvgIpc) is 2.70. The second-order valence-electron chi connectivity index (χ2n) is 7.75. The normalized spacial score (nSPS) is 16.7. The molecule has 1 fully saturated rings. The Labute approximate surface area is 165 Å². The molecule has 2 N–H and O–H groups in total. The highest BCUT2D eigenvalue weighted by molar-refractivity contribution is 5.79. The predicted octanol–water partition coefficient (Wildman–Crippen LogP) is 3.02. The van der Waals surface area contributed by atoms with E-state index in [1.807, 2.05) is 7.05 Å². The van der Waals surface area contributed by atoms with Crippen LogP contribution in [0.2, 0.25) is 0 Å². The minimum absolute atomic E-state index is 0.513. The molecular weight excluding hydrogens is 336 g/mol. The number of nitrogens with one attached hydrogen (secondary N) is 2. The maximum Gasteiger partial charge on any atom is 0.191 e. The molecule has 152 valence electrons. The predicted molar refractivity (Wildman–Crippen MR) is 115 cm³/mol. The first-order valence-electron chi connectivity index (χ1n) is 10.4. The van der Waals surface area contributed by atoms with Crippen molar-refractivity contribution < 1.29 is 4.74 Å². The SMILES string of the molecule is CN=C(NCCCc1ccc(C(C)C)cc1)NC1CCN(CCOC)CC1. The summed E-state index contributed by atoms with van der Waals surface area (Å²) < 4.78 is 5.17. The van der Waals surface area contributed by atoms with Crippen LogP contribution in [-0.2, 0) is 11.2 Å². The highest BCUT2D eigenvalue weighted by atomic mass is 16.5. The number of piperidine rings is 1. The van der Waals surface area contributed by atoms with Crippen molar-refractivity contribution >= 4 is 5.96 Å². The van der Waals surface area contributed by atoms with Crippen LogP contribution in [-0.4, -0.2) is 63.8 Å². The van der Waals surface area contributed by atoms with E-state index in [0.717, 1.165) is 64.4 Å². The van der Waals surface area contributed by atoms with Crippen LogP contribution in [0.4, 0.5) is 0 Å². The third-order valence-corrected chi connectivity index (χ3v) is 5.34. The number of hydrogen-bond donors (Lipinski definition) is 2. The van der Waals surface area contributed by atoms with E-state index >= 15 is 0 Å². The molecule has 0 aliphatic carbocycles. The quantitative estimate of drug-likeness (QED) is 0.396. The maximum absolute atomic E-state index is 5.17. The van der Waals surface area contributed by atoms with Crippen molar-refractivity contribution in [3.05, 3.63) is 35.4 Å². The Morgan fingerprint density at radius 1 is 1.22 bits per heavy atom. The molecule has 0 bridgehead atoms. The van der Waals surface area contributed by atoms with Gasteiger partial charge in [-0.05, 0) is 42.7 Å². The molecule has 5 heteroatoms. The van der Waals surface area contributed by atoms with Crippen LogP contribution in [0.15, 0.2) is 29.3 Å². The molecule has 1 aromatic carbocycles. The first-order chi connectivity index (χ1) is 13.1. The molecule has 1 heterocycles. The van der Waals surface area contributed by atoms with Crippen LogP contribution in [0.25, 0.3) is 0 Å². The van der Waals surface area contributed by atoms with Crippen LogP contribution >= 0.6 is 0 Å². The van der Waals surface area contributed by atoms with Gasteiger partial charge < -0.3 is 20.3 Å². The first kappa shape index (κ1) is 21.7. The van der Waals surface area contributed by atoms with Gasteiger partial charge in [-0.3, -0.25) is 4.99 Å². The summed E-state index contributed by atoms with van der Waals surface area (Å²) >= 11 is 0. The lowest BCUT2D eigenvalue weighted by atomic mass is 10.0. The van der Waals surface area contributed by atoms with Crippen LogP contribution in [0, 0.1) is 0 Å². The smallest absolute Gasteiger partial charge is 0.191 e. The van der Waals surface area contributed by atoms with Gasteiger partial charge in [-0.15, -0.1) is 0 Å². The van der Waals surface area contributed by atoms with Crippen molar-refractivity contribution in [3.63, 3.8) is 0 Å². The van der Waals surface area contributed by atoms with E-state index in [9.17, 15) is 0 Å². The van der Waals surface area contributed by atoms with Gasteiger partial charge in [0, 0.05) is 46.4 Å². The molecule has 1 aliphatic heterocycles. The summed E-state index contributed by atoms with van der Waals surface area (Å²) in [6.45, 7) is 9.53. The zero-order valence-electron chi connectivity index (χ0n) is 17.6. The number of benzene rings is 1. The van der Waals surface area contributed by atoms with Crippen molar-refractivity contribution in [3.8, 4) is 0 Å². The van der Waals surface area contributed by atoms with Crippen molar-refractivity contribution in [2.24, 2.45) is 4.99 Å². The van der Waals surface area contributed by atoms with Crippen LogP contribution in [0.1, 0.15) is 50.2 Å². The molecule has 1 aromatic rings. The second-order valence-corrected chi connectivity index (χ2v) is 7.75. The van der Waals surface area contributed by atoms with E-state index in [4.69, 9.17) is 4.74 Å². The van der Waals surface area contributed by atoms with E-state index in [1.54, 1.807) is 7.11 Å². The number of guanidine groups is 1. The summed E-state index contributed by atoms with van der Waals surface area (Å²) in [7, 11) is 3.62. The lowest BCUT2D eigenvalue weighted by Crippen LogP contribution is -2.49. The fourth-order valence-electron chi connectivity index (χ4n) is 3.48. The van der Waals surface area contributed by atoms with Gasteiger partial charge in [-0.2, -0.15) is 0 Å². The number of aryl methyl sites for hydroxylation is 1. The van der Waals surface area contributed by atoms with E-state index in [1.165, 1.54) is 11.1 Å². The molecule has 27 heavy (non-hydrogen) atoms. The topological polar surface area (TPSA) is 48.9 Å². The molecule has 1 saturated heterocycles. The number of nitrogens with zero attached hydrogens (tertiary/aromatic N) is 2. The minimum atomic E-state index is 0.513. The Morgan fingerprint density at radius 3 is 2.52 bits per heavy atom. The fraction of sp³-hybridized carbons (Fsp3) is 0.682. The van der Waals surface area contributed by atoms with E-state index in [-0.39, 0.29) is 0 Å². The summed E-state index contributed by atoms with van der Waals surface area (Å²) in [5, 5.41) is 7.05. The Balaban J connectivity index is 1.63. The lowest BCUT2D eigenvalue weighted by Gasteiger charge is -2.32. The van der Waals surface area contributed by atoms with Gasteiger partial charge in [-0.1, -0.05) is 38.1 Å². The highest BCUT2D eigenvalue weighted by Crippen LogP contribution is 2.15. The maximum atomic E-state index is 5.17. The Morgan fingerprint density at radius 2 is 1.93 bits per heavy atom. The van der Waals surface area contributed by atoms with Gasteiger partial charge in [0.15, 0.2) is 5.96 Å². The average molecular weight is 375 g/mol. The van der Waals surface area contributed by atoms with Crippen molar-refractivity contribution in [1.29, 1.82) is 0 Å². The molecule has 1 aliphatic rings. The molecule has 5 nitrogen and oxygen atoms in total. The van der Waals surface area contributed by atoms with E-state index < -0.39 is 0 Å². The number of likely N-dealkylation sites (tertiary alicyclic amines) is 1. The largest absolute Gasteiger partial charge is 0.383 e. The highest BCUT2D eigenvalue weighted by Gasteiger charge is 2.19. The molecule has 0 radical (unpaired) electrons. The second kappa shape index (κ2) is 12.0. The van der Waals surface area contributed by atoms with E-state index in [0.29, 0.717) is 12.0 Å². The minimum Gasteiger partial charge on any atom is -0.383 e. The van der Waals surface area contributed by atoms with Gasteiger partial charge in [0.25, 0.3) is 0 Å². The molecule has 2 rings (SSSR count). The zero-order chi connectivity index (χ0) is 19.5. The molecule has 0 amide bonds. The van der Waals surface area contributed by atoms with Gasteiger partial charge in [-0.25, -0.2) is 0 Å². The standard InChI is InChI=1S/C22H38N4O/c1-18(2)20-9-7-19(8-10-20)6-5-13-24-22(23-3)25-21-11-14-26(15-12-21)16-17-27-4/h7-10,18,21H,5-6,11-17H2,1-4H3,(H2,23,24,25). The first-order valence-corrected chi connectivity index (χ1v) is 10.4. The number of ether oxygens (including phenoxy) is 1. The van der Waals surface area contributed by atoms with Crippen molar-refractivity contribution in [1.82, 2.24) is 15.5 Å². The fourth-order valence-corrected chi connectivity index (χ4v) is 3.48. The summed E-state index contributed by atoms with van der Waals surface area (Å²) in [5.41, 5.74) is 2.82. The molecule has 0 atom stereocenters. The summed E-state index contributed by atoms with van der Waals surface area (Å²) in [4.78, 5) is 6.86.